The van der Waals surface area contributed by atoms with Gasteiger partial charge in [0.05, 0.1) is 19.1 Å². The van der Waals surface area contributed by atoms with Gasteiger partial charge in [-0.1, -0.05) is 34.6 Å². The number of esters is 1. The van der Waals surface area contributed by atoms with E-state index in [2.05, 4.69) is 17.1 Å². The lowest BCUT2D eigenvalue weighted by atomic mass is 9.88. The zero-order valence-electron chi connectivity index (χ0n) is 18.6. The molecule has 28 heavy (non-hydrogen) atoms. The Kier molecular flexibility index (Phi) is 11.6. The third kappa shape index (κ3) is 8.88. The summed E-state index contributed by atoms with van der Waals surface area (Å²) >= 11 is 0. The molecule has 0 aromatic heterocycles. The van der Waals surface area contributed by atoms with Crippen LogP contribution >= 0.6 is 0 Å². The van der Waals surface area contributed by atoms with Crippen LogP contribution in [0.2, 0.25) is 0 Å². The average Bonchev–Trinajstić information content (AvgIpc) is 2.74. The van der Waals surface area contributed by atoms with Crippen molar-refractivity contribution in [2.45, 2.75) is 47.5 Å². The largest absolute Gasteiger partial charge is 0.464 e. The van der Waals surface area contributed by atoms with Gasteiger partial charge in [-0.25, -0.2) is 0 Å². The Morgan fingerprint density at radius 3 is 2.25 bits per heavy atom. The number of hydrogen-bond donors (Lipinski definition) is 1. The van der Waals surface area contributed by atoms with E-state index >= 15 is 0 Å². The minimum absolute atomic E-state index is 0.0229. The highest BCUT2D eigenvalue weighted by Gasteiger charge is 2.30. The molecule has 0 radical (unpaired) electrons. The normalized spacial score (nSPS) is 19.4. The van der Waals surface area contributed by atoms with Crippen molar-refractivity contribution < 1.29 is 19.1 Å². The molecule has 7 heteroatoms. The van der Waals surface area contributed by atoms with Gasteiger partial charge in [0.1, 0.15) is 6.61 Å². The second-order valence-corrected chi connectivity index (χ2v) is 8.21. The average molecular weight is 400 g/mol. The van der Waals surface area contributed by atoms with Gasteiger partial charge < -0.3 is 19.7 Å². The van der Waals surface area contributed by atoms with Gasteiger partial charge in [-0.2, -0.15) is 0 Å². The van der Waals surface area contributed by atoms with E-state index in [1.807, 2.05) is 32.6 Å². The second-order valence-electron chi connectivity index (χ2n) is 8.21. The highest BCUT2D eigenvalue weighted by atomic mass is 16.5. The maximum atomic E-state index is 11.9. The van der Waals surface area contributed by atoms with Crippen LogP contribution < -0.4 is 5.32 Å². The molecule has 0 saturated carbocycles. The third-order valence-electron chi connectivity index (χ3n) is 5.64. The molecule has 2 aliphatic heterocycles. The summed E-state index contributed by atoms with van der Waals surface area (Å²) < 4.78 is 10.4. The maximum absolute atomic E-state index is 11.9. The molecule has 7 nitrogen and oxygen atoms in total. The summed E-state index contributed by atoms with van der Waals surface area (Å²) in [7, 11) is 0. The minimum atomic E-state index is -0.183. The van der Waals surface area contributed by atoms with Gasteiger partial charge >= 0.3 is 5.97 Å². The molecule has 2 heterocycles. The van der Waals surface area contributed by atoms with E-state index < -0.39 is 0 Å². The number of rotatable bonds is 7. The molecule has 2 saturated heterocycles. The number of morpholine rings is 1. The van der Waals surface area contributed by atoms with Gasteiger partial charge in [0.25, 0.3) is 0 Å². The van der Waals surface area contributed by atoms with Gasteiger partial charge in [0.2, 0.25) is 5.91 Å². The molecule has 0 aromatic rings. The zero-order chi connectivity index (χ0) is 21.0. The molecule has 2 fully saturated rings. The summed E-state index contributed by atoms with van der Waals surface area (Å²) in [6.07, 6.45) is 1.76. The maximum Gasteiger partial charge on any atom is 0.308 e. The Labute approximate surface area is 171 Å². The first kappa shape index (κ1) is 24.9. The monoisotopic (exact) mass is 399 g/mol. The molecule has 1 amide bonds. The number of hydrogen-bond acceptors (Lipinski definition) is 6. The van der Waals surface area contributed by atoms with Gasteiger partial charge in [-0.15, -0.1) is 0 Å². The first-order valence-corrected chi connectivity index (χ1v) is 10.8. The molecular weight excluding hydrogens is 358 g/mol. The van der Waals surface area contributed by atoms with E-state index in [0.29, 0.717) is 12.5 Å². The van der Waals surface area contributed by atoms with Gasteiger partial charge in [-0.05, 0) is 12.8 Å². The fraction of sp³-hybridized carbons (Fsp3) is 0.905. The molecule has 1 N–H and O–H groups in total. The van der Waals surface area contributed by atoms with Crippen molar-refractivity contribution in [2.75, 3.05) is 65.6 Å². The quantitative estimate of drug-likeness (QED) is 0.658. The van der Waals surface area contributed by atoms with Crippen molar-refractivity contribution in [3.05, 3.63) is 0 Å². The van der Waals surface area contributed by atoms with Crippen LogP contribution in [0.4, 0.5) is 0 Å². The minimum Gasteiger partial charge on any atom is -0.464 e. The van der Waals surface area contributed by atoms with E-state index in [1.54, 1.807) is 0 Å². The molecule has 0 spiro atoms. The van der Waals surface area contributed by atoms with E-state index in [-0.39, 0.29) is 17.3 Å². The Bertz CT molecular complexity index is 459. The molecule has 0 aliphatic carbocycles. The van der Waals surface area contributed by atoms with Crippen LogP contribution in [-0.2, 0) is 19.1 Å². The predicted octanol–water partition coefficient (Wildman–Crippen LogP) is 1.76. The van der Waals surface area contributed by atoms with Crippen LogP contribution in [0.1, 0.15) is 47.5 Å². The smallest absolute Gasteiger partial charge is 0.308 e. The molecule has 1 unspecified atom stereocenters. The highest BCUT2D eigenvalue weighted by molar-refractivity contribution is 5.82. The van der Waals surface area contributed by atoms with Gasteiger partial charge in [0, 0.05) is 51.2 Å². The Hall–Kier alpha value is -1.18. The van der Waals surface area contributed by atoms with Gasteiger partial charge in [-0.3, -0.25) is 14.5 Å². The predicted molar refractivity (Wildman–Crippen MR) is 111 cm³/mol. The molecular formula is C21H41N3O4. The Morgan fingerprint density at radius 2 is 1.71 bits per heavy atom. The van der Waals surface area contributed by atoms with Crippen LogP contribution in [0.5, 0.6) is 0 Å². The van der Waals surface area contributed by atoms with Crippen LogP contribution in [-0.4, -0.2) is 87.3 Å². The number of carbonyl (C=O) groups is 2. The molecule has 0 aromatic carbocycles. The number of ether oxygens (including phenoxy) is 2. The highest BCUT2D eigenvalue weighted by Crippen LogP contribution is 2.22. The first-order valence-electron chi connectivity index (χ1n) is 10.8. The van der Waals surface area contributed by atoms with Crippen molar-refractivity contribution >= 4 is 11.9 Å². The summed E-state index contributed by atoms with van der Waals surface area (Å²) in [4.78, 5) is 27.5. The number of amides is 1. The van der Waals surface area contributed by atoms with E-state index in [0.717, 1.165) is 71.9 Å². The van der Waals surface area contributed by atoms with Crippen molar-refractivity contribution in [1.82, 2.24) is 15.1 Å². The summed E-state index contributed by atoms with van der Waals surface area (Å²) in [6.45, 7) is 18.4. The topological polar surface area (TPSA) is 71.1 Å². The van der Waals surface area contributed by atoms with E-state index in [9.17, 15) is 9.59 Å². The lowest BCUT2D eigenvalue weighted by Gasteiger charge is -2.34. The van der Waals surface area contributed by atoms with Gasteiger partial charge in [0.15, 0.2) is 0 Å². The summed E-state index contributed by atoms with van der Waals surface area (Å²) in [5.74, 6) is 0.247. The molecule has 2 rings (SSSR count). The lowest BCUT2D eigenvalue weighted by molar-refractivity contribution is -0.148. The van der Waals surface area contributed by atoms with Crippen LogP contribution in [0.15, 0.2) is 0 Å². The zero-order valence-corrected chi connectivity index (χ0v) is 18.6. The first-order chi connectivity index (χ1) is 13.3. The number of carbonyl (C=O) groups excluding carboxylic acids is 2. The Balaban J connectivity index is 0.000000283. The number of nitrogens with zero attached hydrogens (tertiary/aromatic N) is 2. The Morgan fingerprint density at radius 1 is 1.11 bits per heavy atom. The lowest BCUT2D eigenvalue weighted by Crippen LogP contribution is -2.50. The summed E-state index contributed by atoms with van der Waals surface area (Å²) in [5.41, 5.74) is -0.183. The van der Waals surface area contributed by atoms with Crippen LogP contribution in [0.3, 0.4) is 0 Å². The second kappa shape index (κ2) is 13.1. The standard InChI is InChI=1S/C11H21NO3.C10H20N2O/c1-3-10(2)11(13)15-9-6-12-4-7-14-8-5-12;1-4-10(2,3)9(13)12-7-5-11-6-8-12/h10H,3-9H2,1-2H3;11H,4-8H2,1-3H3. The SMILES string of the molecule is CCC(C)(C)C(=O)N1CCNCC1.CCC(C)C(=O)OCCN1CCOCC1. The van der Waals surface area contributed by atoms with Crippen molar-refractivity contribution in [1.29, 1.82) is 0 Å². The summed E-state index contributed by atoms with van der Waals surface area (Å²) in [5, 5.41) is 3.25. The fourth-order valence-corrected chi connectivity index (χ4v) is 2.86. The fourth-order valence-electron chi connectivity index (χ4n) is 2.86. The number of nitrogens with one attached hydrogen (secondary N) is 1. The van der Waals surface area contributed by atoms with Crippen molar-refractivity contribution in [2.24, 2.45) is 11.3 Å². The van der Waals surface area contributed by atoms with Crippen molar-refractivity contribution in [3.8, 4) is 0 Å². The summed E-state index contributed by atoms with van der Waals surface area (Å²) in [6, 6.07) is 0. The number of piperazine rings is 1. The van der Waals surface area contributed by atoms with E-state index in [4.69, 9.17) is 9.47 Å². The molecule has 0 bridgehead atoms. The van der Waals surface area contributed by atoms with Crippen LogP contribution in [0.25, 0.3) is 0 Å². The van der Waals surface area contributed by atoms with E-state index in [1.165, 1.54) is 0 Å². The van der Waals surface area contributed by atoms with Crippen LogP contribution in [0, 0.1) is 11.3 Å². The molecule has 2 aliphatic rings. The molecule has 1 atom stereocenters. The third-order valence-corrected chi connectivity index (χ3v) is 5.64. The van der Waals surface area contributed by atoms with Crippen molar-refractivity contribution in [3.63, 3.8) is 0 Å². The molecule has 164 valence electrons.